The lowest BCUT2D eigenvalue weighted by atomic mass is 10.3. The minimum absolute atomic E-state index is 0.0917. The van der Waals surface area contributed by atoms with E-state index >= 15 is 0 Å². The zero-order valence-corrected chi connectivity index (χ0v) is 12.1. The average Bonchev–Trinajstić information content (AvgIpc) is 2.43. The molecule has 6 heteroatoms. The molecule has 20 heavy (non-hydrogen) atoms. The number of benzene rings is 1. The van der Waals surface area contributed by atoms with Crippen LogP contribution < -0.4 is 10.9 Å². The van der Waals surface area contributed by atoms with E-state index in [-0.39, 0.29) is 11.5 Å². The van der Waals surface area contributed by atoms with Crippen molar-refractivity contribution < 1.29 is 4.79 Å². The summed E-state index contributed by atoms with van der Waals surface area (Å²) in [6.07, 6.45) is 3.30. The Hall–Kier alpha value is -2.08. The van der Waals surface area contributed by atoms with E-state index in [4.69, 9.17) is 0 Å². The first kappa shape index (κ1) is 14.3. The summed E-state index contributed by atoms with van der Waals surface area (Å²) in [7, 11) is 0. The van der Waals surface area contributed by atoms with Crippen molar-refractivity contribution in [1.82, 2.24) is 9.55 Å². The highest BCUT2D eigenvalue weighted by Crippen LogP contribution is 2.24. The first-order chi connectivity index (χ1) is 9.60. The molecule has 1 N–H and O–H groups in total. The third-order valence-corrected chi connectivity index (χ3v) is 3.59. The van der Waals surface area contributed by atoms with Crippen molar-refractivity contribution in [1.29, 1.82) is 0 Å². The SMILES string of the molecule is CCn1ccnc(Sc2ccc(NC(C)=O)cc2)c1=O. The van der Waals surface area contributed by atoms with Crippen LogP contribution in [-0.4, -0.2) is 15.5 Å². The third kappa shape index (κ3) is 3.48. The normalized spacial score (nSPS) is 10.3. The number of rotatable bonds is 4. The molecule has 0 aliphatic carbocycles. The van der Waals surface area contributed by atoms with Crippen LogP contribution in [0.3, 0.4) is 0 Å². The zero-order valence-electron chi connectivity index (χ0n) is 11.3. The molecule has 5 nitrogen and oxygen atoms in total. The lowest BCUT2D eigenvalue weighted by molar-refractivity contribution is -0.114. The van der Waals surface area contributed by atoms with E-state index in [2.05, 4.69) is 10.3 Å². The second kappa shape index (κ2) is 6.38. The maximum atomic E-state index is 12.0. The Morgan fingerprint density at radius 1 is 1.35 bits per heavy atom. The molecule has 2 aromatic rings. The number of carbonyl (C=O) groups is 1. The minimum Gasteiger partial charge on any atom is -0.326 e. The number of hydrogen-bond acceptors (Lipinski definition) is 4. The predicted octanol–water partition coefficient (Wildman–Crippen LogP) is 2.37. The number of nitrogens with zero attached hydrogens (tertiary/aromatic N) is 2. The van der Waals surface area contributed by atoms with E-state index in [1.165, 1.54) is 18.7 Å². The first-order valence-corrected chi connectivity index (χ1v) is 7.02. The summed E-state index contributed by atoms with van der Waals surface area (Å²) in [4.78, 5) is 28.0. The topological polar surface area (TPSA) is 64.0 Å². The Kier molecular flexibility index (Phi) is 4.57. The van der Waals surface area contributed by atoms with E-state index in [0.717, 1.165) is 10.6 Å². The summed E-state index contributed by atoms with van der Waals surface area (Å²) < 4.78 is 1.61. The van der Waals surface area contributed by atoms with Crippen molar-refractivity contribution in [2.24, 2.45) is 0 Å². The number of anilines is 1. The van der Waals surface area contributed by atoms with Crippen LogP contribution in [0.5, 0.6) is 0 Å². The number of aromatic nitrogens is 2. The van der Waals surface area contributed by atoms with Gasteiger partial charge in [0.25, 0.3) is 5.56 Å². The number of aryl methyl sites for hydroxylation is 1. The van der Waals surface area contributed by atoms with Gasteiger partial charge in [0, 0.05) is 36.4 Å². The molecule has 0 fully saturated rings. The Balaban J connectivity index is 2.18. The van der Waals surface area contributed by atoms with Crippen molar-refractivity contribution in [3.05, 3.63) is 47.0 Å². The van der Waals surface area contributed by atoms with Crippen LogP contribution in [0.15, 0.2) is 51.4 Å². The van der Waals surface area contributed by atoms with Gasteiger partial charge in [-0.3, -0.25) is 9.59 Å². The van der Waals surface area contributed by atoms with E-state index in [0.29, 0.717) is 11.6 Å². The average molecular weight is 289 g/mol. The monoisotopic (exact) mass is 289 g/mol. The van der Waals surface area contributed by atoms with Crippen LogP contribution in [-0.2, 0) is 11.3 Å². The first-order valence-electron chi connectivity index (χ1n) is 6.21. The highest BCUT2D eigenvalue weighted by atomic mass is 32.2. The van der Waals surface area contributed by atoms with Crippen LogP contribution >= 0.6 is 11.8 Å². The van der Waals surface area contributed by atoms with Gasteiger partial charge in [0.2, 0.25) is 5.91 Å². The van der Waals surface area contributed by atoms with E-state index in [1.807, 2.05) is 19.1 Å². The molecule has 104 valence electrons. The van der Waals surface area contributed by atoms with Gasteiger partial charge in [-0.1, -0.05) is 11.8 Å². The Labute approximate surface area is 121 Å². The maximum Gasteiger partial charge on any atom is 0.283 e. The number of carbonyl (C=O) groups excluding carboxylic acids is 1. The van der Waals surface area contributed by atoms with Crippen molar-refractivity contribution >= 4 is 23.4 Å². The summed E-state index contributed by atoms with van der Waals surface area (Å²) >= 11 is 1.31. The lowest BCUT2D eigenvalue weighted by Gasteiger charge is -2.05. The molecule has 2 rings (SSSR count). The molecule has 1 aromatic carbocycles. The second-order valence-corrected chi connectivity index (χ2v) is 5.19. The number of nitrogens with one attached hydrogen (secondary N) is 1. The fourth-order valence-electron chi connectivity index (χ4n) is 1.67. The van der Waals surface area contributed by atoms with Gasteiger partial charge in [0.05, 0.1) is 0 Å². The quantitative estimate of drug-likeness (QED) is 0.938. The molecule has 0 atom stereocenters. The smallest absolute Gasteiger partial charge is 0.283 e. The molecular weight excluding hydrogens is 274 g/mol. The summed E-state index contributed by atoms with van der Waals surface area (Å²) in [5.41, 5.74) is 0.639. The molecule has 0 bridgehead atoms. The Morgan fingerprint density at radius 2 is 2.05 bits per heavy atom. The lowest BCUT2D eigenvalue weighted by Crippen LogP contribution is -2.20. The van der Waals surface area contributed by atoms with Crippen molar-refractivity contribution in [3.63, 3.8) is 0 Å². The van der Waals surface area contributed by atoms with Gasteiger partial charge in [0.15, 0.2) is 5.03 Å². The van der Waals surface area contributed by atoms with Crippen LogP contribution in [0.1, 0.15) is 13.8 Å². The Morgan fingerprint density at radius 3 is 2.65 bits per heavy atom. The van der Waals surface area contributed by atoms with Crippen LogP contribution in [0, 0.1) is 0 Å². The standard InChI is InChI=1S/C14H15N3O2S/c1-3-17-9-8-15-13(14(17)19)20-12-6-4-11(5-7-12)16-10(2)18/h4-9H,3H2,1-2H3,(H,16,18). The molecule has 0 aliphatic rings. The van der Waals surface area contributed by atoms with Crippen molar-refractivity contribution in [2.45, 2.75) is 30.3 Å². The van der Waals surface area contributed by atoms with Crippen molar-refractivity contribution in [2.75, 3.05) is 5.32 Å². The fraction of sp³-hybridized carbons (Fsp3) is 0.214. The second-order valence-electron chi connectivity index (χ2n) is 4.13. The molecule has 0 aliphatic heterocycles. The minimum atomic E-state index is -0.110. The molecule has 0 spiro atoms. The summed E-state index contributed by atoms with van der Waals surface area (Å²) in [5.74, 6) is -0.110. The molecule has 0 radical (unpaired) electrons. The van der Waals surface area contributed by atoms with E-state index in [1.54, 1.807) is 29.1 Å². The number of amides is 1. The molecular formula is C14H15N3O2S. The third-order valence-electron chi connectivity index (χ3n) is 2.61. The van der Waals surface area contributed by atoms with Gasteiger partial charge in [-0.15, -0.1) is 0 Å². The Bertz CT molecular complexity index is 665. The van der Waals surface area contributed by atoms with Crippen LogP contribution in [0.2, 0.25) is 0 Å². The molecule has 0 saturated carbocycles. The fourth-order valence-corrected chi connectivity index (χ4v) is 2.48. The summed E-state index contributed by atoms with van der Waals surface area (Å²) in [5, 5.41) is 3.14. The van der Waals surface area contributed by atoms with Crippen LogP contribution in [0.4, 0.5) is 5.69 Å². The molecule has 1 heterocycles. The van der Waals surface area contributed by atoms with Gasteiger partial charge >= 0.3 is 0 Å². The highest BCUT2D eigenvalue weighted by molar-refractivity contribution is 7.99. The van der Waals surface area contributed by atoms with Crippen molar-refractivity contribution in [3.8, 4) is 0 Å². The zero-order chi connectivity index (χ0) is 14.5. The largest absolute Gasteiger partial charge is 0.326 e. The van der Waals surface area contributed by atoms with E-state index in [9.17, 15) is 9.59 Å². The maximum absolute atomic E-state index is 12.0. The number of hydrogen-bond donors (Lipinski definition) is 1. The van der Waals surface area contributed by atoms with Gasteiger partial charge in [-0.2, -0.15) is 0 Å². The predicted molar refractivity (Wildman–Crippen MR) is 79.0 cm³/mol. The molecule has 1 aromatic heterocycles. The molecule has 1 amide bonds. The van der Waals surface area contributed by atoms with Crippen LogP contribution in [0.25, 0.3) is 0 Å². The summed E-state index contributed by atoms with van der Waals surface area (Å²) in [6.45, 7) is 4.00. The van der Waals surface area contributed by atoms with Gasteiger partial charge in [-0.25, -0.2) is 4.98 Å². The molecule has 0 saturated heterocycles. The van der Waals surface area contributed by atoms with E-state index < -0.39 is 0 Å². The molecule has 0 unspecified atom stereocenters. The summed E-state index contributed by atoms with van der Waals surface area (Å²) in [6, 6.07) is 7.29. The van der Waals surface area contributed by atoms with Gasteiger partial charge in [0.1, 0.15) is 0 Å². The highest BCUT2D eigenvalue weighted by Gasteiger charge is 2.06. The van der Waals surface area contributed by atoms with Gasteiger partial charge in [-0.05, 0) is 31.2 Å². The van der Waals surface area contributed by atoms with Gasteiger partial charge < -0.3 is 9.88 Å².